The Bertz CT molecular complexity index is 1350. The zero-order chi connectivity index (χ0) is 26.0. The van der Waals surface area contributed by atoms with Crippen molar-refractivity contribution in [1.82, 2.24) is 14.7 Å². The van der Waals surface area contributed by atoms with Crippen LogP contribution in [0.5, 0.6) is 0 Å². The summed E-state index contributed by atoms with van der Waals surface area (Å²) in [7, 11) is 0. The van der Waals surface area contributed by atoms with Crippen molar-refractivity contribution < 1.29 is 9.18 Å². The molecule has 1 aromatic heterocycles. The molecule has 2 saturated carbocycles. The Morgan fingerprint density at radius 2 is 1.68 bits per heavy atom. The molecule has 2 aliphatic carbocycles. The standard InChI is InChI=1S/C31H36FN5O/c1-20-6-5-9-28(32)29(20)34-16-14-25(15-17-34)37-21(2)27-19-36(24-12-13-24)33-30(27)35(31(37)38)18-23-7-3-4-8-26(23)22-10-11-22/h3-9,19,21-22,24-25H,10-18H2,1-2H3. The number of fused-ring (bicyclic) bond motifs is 1. The lowest BCUT2D eigenvalue weighted by Gasteiger charge is -2.46. The summed E-state index contributed by atoms with van der Waals surface area (Å²) in [6.45, 7) is 6.15. The van der Waals surface area contributed by atoms with E-state index in [0.29, 0.717) is 24.2 Å². The maximum atomic E-state index is 14.7. The maximum absolute atomic E-state index is 14.7. The van der Waals surface area contributed by atoms with Crippen LogP contribution in [0, 0.1) is 12.7 Å². The van der Waals surface area contributed by atoms with Crippen molar-refractivity contribution in [1.29, 1.82) is 0 Å². The third-order valence-electron chi connectivity index (χ3n) is 9.00. The second-order valence-corrected chi connectivity index (χ2v) is 11.7. The number of para-hydroxylation sites is 1. The fourth-order valence-corrected chi connectivity index (χ4v) is 6.62. The minimum Gasteiger partial charge on any atom is -0.369 e. The summed E-state index contributed by atoms with van der Waals surface area (Å²) in [4.78, 5) is 20.5. The summed E-state index contributed by atoms with van der Waals surface area (Å²) >= 11 is 0. The number of hydrogen-bond acceptors (Lipinski definition) is 3. The maximum Gasteiger partial charge on any atom is 0.326 e. The van der Waals surface area contributed by atoms with Crippen molar-refractivity contribution in [2.45, 2.75) is 83.0 Å². The first kappa shape index (κ1) is 23.7. The zero-order valence-electron chi connectivity index (χ0n) is 22.3. The van der Waals surface area contributed by atoms with Gasteiger partial charge in [-0.05, 0) is 81.0 Å². The van der Waals surface area contributed by atoms with Gasteiger partial charge in [0.05, 0.1) is 24.3 Å². The van der Waals surface area contributed by atoms with E-state index < -0.39 is 0 Å². The number of halogens is 1. The second kappa shape index (κ2) is 9.14. The van der Waals surface area contributed by atoms with Gasteiger partial charge in [-0.15, -0.1) is 0 Å². The Morgan fingerprint density at radius 3 is 2.39 bits per heavy atom. The predicted molar refractivity (Wildman–Crippen MR) is 147 cm³/mol. The molecule has 1 saturated heterocycles. The Labute approximate surface area is 224 Å². The van der Waals surface area contributed by atoms with Crippen LogP contribution in [0.1, 0.15) is 85.7 Å². The van der Waals surface area contributed by atoms with E-state index in [-0.39, 0.29) is 23.9 Å². The number of urea groups is 1. The number of hydrogen-bond donors (Lipinski definition) is 0. The molecule has 6 nitrogen and oxygen atoms in total. The highest BCUT2D eigenvalue weighted by Crippen LogP contribution is 2.45. The second-order valence-electron chi connectivity index (χ2n) is 11.7. The monoisotopic (exact) mass is 513 g/mol. The van der Waals surface area contributed by atoms with Crippen LogP contribution in [-0.2, 0) is 6.54 Å². The smallest absolute Gasteiger partial charge is 0.326 e. The van der Waals surface area contributed by atoms with Gasteiger partial charge in [-0.1, -0.05) is 36.4 Å². The summed E-state index contributed by atoms with van der Waals surface area (Å²) in [5.41, 5.74) is 5.42. The number of aromatic nitrogens is 2. The Kier molecular flexibility index (Phi) is 5.71. The van der Waals surface area contributed by atoms with Crippen LogP contribution in [0.15, 0.2) is 48.7 Å². The third kappa shape index (κ3) is 4.07. The van der Waals surface area contributed by atoms with Crippen LogP contribution in [0.25, 0.3) is 0 Å². The van der Waals surface area contributed by atoms with E-state index in [4.69, 9.17) is 5.10 Å². The van der Waals surface area contributed by atoms with Gasteiger partial charge in [-0.3, -0.25) is 9.58 Å². The number of benzene rings is 2. The van der Waals surface area contributed by atoms with Crippen molar-refractivity contribution in [3.63, 3.8) is 0 Å². The molecule has 198 valence electrons. The van der Waals surface area contributed by atoms with E-state index in [0.717, 1.165) is 55.7 Å². The molecule has 0 spiro atoms. The first-order valence-electron chi connectivity index (χ1n) is 14.3. The van der Waals surface area contributed by atoms with E-state index in [9.17, 15) is 9.18 Å². The quantitative estimate of drug-likeness (QED) is 0.368. The molecule has 2 amide bonds. The summed E-state index contributed by atoms with van der Waals surface area (Å²) in [6.07, 6.45) is 8.61. The van der Waals surface area contributed by atoms with E-state index in [1.807, 2.05) is 17.9 Å². The Balaban J connectivity index is 1.18. The average Bonchev–Trinajstić information content (AvgIpc) is 3.86. The number of nitrogens with zero attached hydrogens (tertiary/aromatic N) is 5. The van der Waals surface area contributed by atoms with Gasteiger partial charge in [0.1, 0.15) is 5.82 Å². The molecule has 3 heterocycles. The van der Waals surface area contributed by atoms with Gasteiger partial charge in [0, 0.05) is 30.9 Å². The lowest BCUT2D eigenvalue weighted by Crippen LogP contribution is -2.55. The van der Waals surface area contributed by atoms with Gasteiger partial charge in [-0.25, -0.2) is 9.18 Å². The topological polar surface area (TPSA) is 44.6 Å². The van der Waals surface area contributed by atoms with Crippen molar-refractivity contribution in [2.24, 2.45) is 0 Å². The fraction of sp³-hybridized carbons (Fsp3) is 0.484. The molecule has 1 atom stereocenters. The molecule has 4 aliphatic rings. The summed E-state index contributed by atoms with van der Waals surface area (Å²) < 4.78 is 16.8. The molecule has 2 aromatic carbocycles. The number of rotatable bonds is 6. The minimum absolute atomic E-state index is 0.0355. The number of piperidine rings is 1. The average molecular weight is 514 g/mol. The third-order valence-corrected chi connectivity index (χ3v) is 9.00. The predicted octanol–water partition coefficient (Wildman–Crippen LogP) is 6.72. The molecule has 7 heteroatoms. The number of carbonyl (C=O) groups is 1. The largest absolute Gasteiger partial charge is 0.369 e. The van der Waals surface area contributed by atoms with Crippen molar-refractivity contribution in [3.8, 4) is 0 Å². The zero-order valence-corrected chi connectivity index (χ0v) is 22.3. The normalized spacial score (nSPS) is 22.2. The molecule has 38 heavy (non-hydrogen) atoms. The summed E-state index contributed by atoms with van der Waals surface area (Å²) in [6, 6.07) is 14.5. The van der Waals surface area contributed by atoms with Crippen LogP contribution < -0.4 is 9.80 Å². The first-order valence-corrected chi connectivity index (χ1v) is 14.3. The molecule has 0 radical (unpaired) electrons. The molecule has 1 unspecified atom stereocenters. The first-order chi connectivity index (χ1) is 18.5. The highest BCUT2D eigenvalue weighted by atomic mass is 19.1. The SMILES string of the molecule is Cc1cccc(F)c1N1CCC(N2C(=O)N(Cc3ccccc3C3CC3)c3nn(C4CC4)cc3C2C)CC1. The Morgan fingerprint density at radius 1 is 0.921 bits per heavy atom. The van der Waals surface area contributed by atoms with E-state index in [1.54, 1.807) is 12.1 Å². The van der Waals surface area contributed by atoms with E-state index in [2.05, 4.69) is 51.9 Å². The number of anilines is 2. The van der Waals surface area contributed by atoms with Crippen LogP contribution in [-0.4, -0.2) is 39.8 Å². The number of amides is 2. The summed E-state index contributed by atoms with van der Waals surface area (Å²) in [5.74, 6) is 1.29. The van der Waals surface area contributed by atoms with Gasteiger partial charge >= 0.3 is 6.03 Å². The molecule has 0 N–H and O–H groups in total. The van der Waals surface area contributed by atoms with Crippen LogP contribution in [0.2, 0.25) is 0 Å². The fourth-order valence-electron chi connectivity index (χ4n) is 6.62. The lowest BCUT2D eigenvalue weighted by atomic mass is 9.96. The van der Waals surface area contributed by atoms with E-state index in [1.165, 1.54) is 24.0 Å². The molecular formula is C31H36FN5O. The van der Waals surface area contributed by atoms with Gasteiger partial charge < -0.3 is 9.80 Å². The molecule has 0 bridgehead atoms. The van der Waals surface area contributed by atoms with Crippen molar-refractivity contribution >= 4 is 17.5 Å². The van der Waals surface area contributed by atoms with Crippen LogP contribution in [0.4, 0.5) is 20.7 Å². The highest BCUT2D eigenvalue weighted by Gasteiger charge is 2.43. The van der Waals surface area contributed by atoms with Crippen molar-refractivity contribution in [3.05, 3.63) is 76.7 Å². The molecule has 7 rings (SSSR count). The lowest BCUT2D eigenvalue weighted by molar-refractivity contribution is 0.136. The van der Waals surface area contributed by atoms with Gasteiger partial charge in [0.25, 0.3) is 0 Å². The molecular weight excluding hydrogens is 477 g/mol. The molecule has 3 fully saturated rings. The molecule has 3 aromatic rings. The van der Waals surface area contributed by atoms with Crippen LogP contribution in [0.3, 0.4) is 0 Å². The molecule has 2 aliphatic heterocycles. The minimum atomic E-state index is -0.163. The summed E-state index contributed by atoms with van der Waals surface area (Å²) in [5, 5.41) is 4.98. The van der Waals surface area contributed by atoms with Crippen LogP contribution >= 0.6 is 0 Å². The van der Waals surface area contributed by atoms with Crippen molar-refractivity contribution in [2.75, 3.05) is 22.9 Å². The van der Waals surface area contributed by atoms with E-state index >= 15 is 0 Å². The van der Waals surface area contributed by atoms with Gasteiger partial charge in [0.2, 0.25) is 0 Å². The van der Waals surface area contributed by atoms with Gasteiger partial charge in [0.15, 0.2) is 5.82 Å². The van der Waals surface area contributed by atoms with Gasteiger partial charge in [-0.2, -0.15) is 5.10 Å². The number of aryl methyl sites for hydroxylation is 1. The highest BCUT2D eigenvalue weighted by molar-refractivity contribution is 5.94. The Hall–Kier alpha value is -3.35. The number of carbonyl (C=O) groups excluding carboxylic acids is 1.